The van der Waals surface area contributed by atoms with Crippen LogP contribution in [0.4, 0.5) is 5.69 Å². The molecule has 0 aliphatic carbocycles. The minimum atomic E-state index is 0.711. The molecule has 2 rings (SSSR count). The quantitative estimate of drug-likeness (QED) is 0.762. The Labute approximate surface area is 83.9 Å². The number of pyridine rings is 1. The predicted octanol–water partition coefficient (Wildman–Crippen LogP) is 1.62. The number of nitrogens with zero attached hydrogens (tertiary/aromatic N) is 3. The number of aryl methyl sites for hydroxylation is 2. The molecule has 0 spiro atoms. The van der Waals surface area contributed by atoms with Crippen LogP contribution in [0.3, 0.4) is 0 Å². The summed E-state index contributed by atoms with van der Waals surface area (Å²) in [6.45, 7) is 1.91. The maximum atomic E-state index is 5.85. The van der Waals surface area contributed by atoms with Gasteiger partial charge in [-0.25, -0.2) is 9.67 Å². The standard InChI is InChI=1S/C8H9BrN4/c1-4-3-5(10)6-7(9)12-13(2)8(6)11-4/h3H,1-2H3,(H2,10,11). The maximum Gasteiger partial charge on any atom is 0.161 e. The van der Waals surface area contributed by atoms with E-state index in [1.807, 2.05) is 20.0 Å². The molecule has 2 N–H and O–H groups in total. The van der Waals surface area contributed by atoms with E-state index in [0.29, 0.717) is 5.69 Å². The summed E-state index contributed by atoms with van der Waals surface area (Å²) in [5.41, 5.74) is 8.27. The second-order valence-electron chi connectivity index (χ2n) is 2.97. The molecule has 2 aromatic heterocycles. The lowest BCUT2D eigenvalue weighted by Crippen LogP contribution is -1.95. The van der Waals surface area contributed by atoms with Gasteiger partial charge in [-0.05, 0) is 28.9 Å². The summed E-state index contributed by atoms with van der Waals surface area (Å²) < 4.78 is 2.46. The van der Waals surface area contributed by atoms with Crippen molar-refractivity contribution in [2.75, 3.05) is 5.73 Å². The molecule has 13 heavy (non-hydrogen) atoms. The Hall–Kier alpha value is -1.10. The normalized spacial score (nSPS) is 11.0. The Morgan fingerprint density at radius 1 is 1.54 bits per heavy atom. The van der Waals surface area contributed by atoms with Gasteiger partial charge in [0, 0.05) is 18.4 Å². The second-order valence-corrected chi connectivity index (χ2v) is 3.72. The van der Waals surface area contributed by atoms with Crippen molar-refractivity contribution in [3.63, 3.8) is 0 Å². The van der Waals surface area contributed by atoms with E-state index in [-0.39, 0.29) is 0 Å². The molecule has 2 aromatic rings. The van der Waals surface area contributed by atoms with Crippen molar-refractivity contribution < 1.29 is 0 Å². The molecule has 2 heterocycles. The van der Waals surface area contributed by atoms with Crippen molar-refractivity contribution in [2.24, 2.45) is 7.05 Å². The number of rotatable bonds is 0. The molecule has 0 amide bonds. The molecule has 0 aromatic carbocycles. The molecule has 0 fully saturated rings. The number of hydrogen-bond donors (Lipinski definition) is 1. The molecule has 4 nitrogen and oxygen atoms in total. The van der Waals surface area contributed by atoms with Crippen LogP contribution in [0.1, 0.15) is 5.69 Å². The molecule has 0 bridgehead atoms. The molecule has 5 heteroatoms. The fraction of sp³-hybridized carbons (Fsp3) is 0.250. The zero-order valence-corrected chi connectivity index (χ0v) is 8.96. The van der Waals surface area contributed by atoms with E-state index in [1.165, 1.54) is 0 Å². The van der Waals surface area contributed by atoms with Crippen LogP contribution in [-0.2, 0) is 7.05 Å². The van der Waals surface area contributed by atoms with Crippen LogP contribution in [0.15, 0.2) is 10.7 Å². The summed E-state index contributed by atoms with van der Waals surface area (Å²) >= 11 is 3.34. The van der Waals surface area contributed by atoms with Crippen LogP contribution in [-0.4, -0.2) is 14.8 Å². The van der Waals surface area contributed by atoms with Crippen molar-refractivity contribution in [1.82, 2.24) is 14.8 Å². The number of nitrogen functional groups attached to an aromatic ring is 1. The van der Waals surface area contributed by atoms with Gasteiger partial charge in [-0.1, -0.05) is 0 Å². The number of hydrogen-bond acceptors (Lipinski definition) is 3. The molecule has 0 atom stereocenters. The Bertz CT molecular complexity index is 474. The lowest BCUT2D eigenvalue weighted by atomic mass is 10.2. The van der Waals surface area contributed by atoms with Gasteiger partial charge < -0.3 is 5.73 Å². The number of halogens is 1. The fourth-order valence-corrected chi connectivity index (χ4v) is 2.00. The van der Waals surface area contributed by atoms with Gasteiger partial charge in [0.05, 0.1) is 5.39 Å². The lowest BCUT2D eigenvalue weighted by Gasteiger charge is -1.98. The molecular formula is C8H9BrN4. The van der Waals surface area contributed by atoms with Gasteiger partial charge in [-0.15, -0.1) is 0 Å². The second kappa shape index (κ2) is 2.70. The largest absolute Gasteiger partial charge is 0.398 e. The summed E-state index contributed by atoms with van der Waals surface area (Å²) in [5, 5.41) is 5.07. The van der Waals surface area contributed by atoms with E-state index >= 15 is 0 Å². The number of nitrogens with two attached hydrogens (primary N) is 1. The van der Waals surface area contributed by atoms with Gasteiger partial charge >= 0.3 is 0 Å². The highest BCUT2D eigenvalue weighted by molar-refractivity contribution is 9.10. The Balaban J connectivity index is 2.97. The van der Waals surface area contributed by atoms with E-state index in [1.54, 1.807) is 4.68 Å². The van der Waals surface area contributed by atoms with Gasteiger partial charge in [0.25, 0.3) is 0 Å². The predicted molar refractivity (Wildman–Crippen MR) is 55.4 cm³/mol. The Morgan fingerprint density at radius 3 is 2.92 bits per heavy atom. The minimum absolute atomic E-state index is 0.711. The average molecular weight is 241 g/mol. The third-order valence-corrected chi connectivity index (χ3v) is 2.46. The molecule has 0 saturated heterocycles. The lowest BCUT2D eigenvalue weighted by molar-refractivity contribution is 0.777. The van der Waals surface area contributed by atoms with Crippen LogP contribution < -0.4 is 5.73 Å². The summed E-state index contributed by atoms with van der Waals surface area (Å²) in [4.78, 5) is 4.35. The highest BCUT2D eigenvalue weighted by atomic mass is 79.9. The zero-order valence-electron chi connectivity index (χ0n) is 7.37. The molecular weight excluding hydrogens is 232 g/mol. The fourth-order valence-electron chi connectivity index (χ4n) is 1.36. The van der Waals surface area contributed by atoms with Crippen molar-refractivity contribution in [1.29, 1.82) is 0 Å². The van der Waals surface area contributed by atoms with Crippen molar-refractivity contribution >= 4 is 32.7 Å². The van der Waals surface area contributed by atoms with Gasteiger partial charge in [0.1, 0.15) is 4.60 Å². The van der Waals surface area contributed by atoms with Crippen molar-refractivity contribution in [3.05, 3.63) is 16.4 Å². The molecule has 0 aliphatic rings. The van der Waals surface area contributed by atoms with Crippen molar-refractivity contribution in [2.45, 2.75) is 6.92 Å². The van der Waals surface area contributed by atoms with Crippen LogP contribution >= 0.6 is 15.9 Å². The highest BCUT2D eigenvalue weighted by Gasteiger charge is 2.10. The summed E-state index contributed by atoms with van der Waals surface area (Å²) in [5.74, 6) is 0. The van der Waals surface area contributed by atoms with E-state index < -0.39 is 0 Å². The van der Waals surface area contributed by atoms with E-state index in [0.717, 1.165) is 21.3 Å². The first-order valence-electron chi connectivity index (χ1n) is 3.85. The smallest absolute Gasteiger partial charge is 0.161 e. The number of anilines is 1. The zero-order chi connectivity index (χ0) is 9.59. The van der Waals surface area contributed by atoms with E-state index in [9.17, 15) is 0 Å². The van der Waals surface area contributed by atoms with Crippen LogP contribution in [0.5, 0.6) is 0 Å². The molecule has 0 saturated carbocycles. The monoisotopic (exact) mass is 240 g/mol. The van der Waals surface area contributed by atoms with E-state index in [2.05, 4.69) is 26.0 Å². The summed E-state index contributed by atoms with van der Waals surface area (Å²) in [7, 11) is 1.85. The Morgan fingerprint density at radius 2 is 2.23 bits per heavy atom. The van der Waals surface area contributed by atoms with Crippen LogP contribution in [0, 0.1) is 6.92 Å². The van der Waals surface area contributed by atoms with Gasteiger partial charge in [0.2, 0.25) is 0 Å². The van der Waals surface area contributed by atoms with Crippen LogP contribution in [0.25, 0.3) is 11.0 Å². The molecule has 0 aliphatic heterocycles. The third kappa shape index (κ3) is 1.19. The van der Waals surface area contributed by atoms with Crippen LogP contribution in [0.2, 0.25) is 0 Å². The number of fused-ring (bicyclic) bond motifs is 1. The van der Waals surface area contributed by atoms with Crippen molar-refractivity contribution in [3.8, 4) is 0 Å². The molecule has 0 unspecified atom stereocenters. The third-order valence-electron chi connectivity index (χ3n) is 1.91. The maximum absolute atomic E-state index is 5.85. The SMILES string of the molecule is Cc1cc(N)c2c(Br)nn(C)c2n1. The first-order chi connectivity index (χ1) is 6.09. The first-order valence-corrected chi connectivity index (χ1v) is 4.64. The summed E-state index contributed by atoms with van der Waals surface area (Å²) in [6, 6.07) is 1.84. The number of aromatic nitrogens is 3. The molecule has 68 valence electrons. The van der Waals surface area contributed by atoms with Gasteiger partial charge in [0.15, 0.2) is 5.65 Å². The van der Waals surface area contributed by atoms with Gasteiger partial charge in [-0.2, -0.15) is 5.10 Å². The average Bonchev–Trinajstić information content (AvgIpc) is 2.27. The minimum Gasteiger partial charge on any atom is -0.398 e. The summed E-state index contributed by atoms with van der Waals surface area (Å²) in [6.07, 6.45) is 0. The molecule has 0 radical (unpaired) electrons. The topological polar surface area (TPSA) is 56.7 Å². The van der Waals surface area contributed by atoms with Gasteiger partial charge in [-0.3, -0.25) is 0 Å². The first kappa shape index (κ1) is 8.50. The highest BCUT2D eigenvalue weighted by Crippen LogP contribution is 2.27. The van der Waals surface area contributed by atoms with E-state index in [4.69, 9.17) is 5.73 Å². The Kier molecular flexibility index (Phi) is 1.76.